The predicted molar refractivity (Wildman–Crippen MR) is 167 cm³/mol. The van der Waals surface area contributed by atoms with Gasteiger partial charge in [0.15, 0.2) is 0 Å². The van der Waals surface area contributed by atoms with Gasteiger partial charge < -0.3 is 14.6 Å². The Balaban J connectivity index is 1.40. The third-order valence-corrected chi connectivity index (χ3v) is 8.65. The Bertz CT molecular complexity index is 1510. The largest absolute Gasteiger partial charge is 0.492 e. The van der Waals surface area contributed by atoms with Gasteiger partial charge in [0.2, 0.25) is 0 Å². The number of carboxylic acids is 1. The molecular weight excluding hydrogens is 603 g/mol. The number of carbonyl (C=O) groups excluding carboxylic acids is 1. The van der Waals surface area contributed by atoms with Crippen molar-refractivity contribution in [3.63, 3.8) is 0 Å². The van der Waals surface area contributed by atoms with E-state index in [-0.39, 0.29) is 18.0 Å². The Morgan fingerprint density at radius 3 is 2.54 bits per heavy atom. The molecule has 1 N–H and O–H groups in total. The number of rotatable bonds is 9. The highest BCUT2D eigenvalue weighted by Gasteiger charge is 2.32. The lowest BCUT2D eigenvalue weighted by atomic mass is 10.0. The molecule has 0 atom stereocenters. The number of morpholine rings is 1. The topological polar surface area (TPSA) is 79.3 Å². The SMILES string of the molecule is O=C(O)c1ccc(CN2C(=O)C(=Cc3cc(-c4ccc(Cl)cc4Cl)ccc3OCCN3CCOCC3)SC2=S)cc1. The summed E-state index contributed by atoms with van der Waals surface area (Å²) in [5, 5.41) is 10.2. The zero-order chi connectivity index (χ0) is 28.9. The summed E-state index contributed by atoms with van der Waals surface area (Å²) in [6, 6.07) is 17.5. The monoisotopic (exact) mass is 628 g/mol. The molecule has 2 fully saturated rings. The van der Waals surface area contributed by atoms with E-state index in [1.807, 2.05) is 24.3 Å². The summed E-state index contributed by atoms with van der Waals surface area (Å²) in [6.45, 7) is 4.65. The summed E-state index contributed by atoms with van der Waals surface area (Å²) in [5.41, 5.74) is 3.34. The molecule has 3 aromatic carbocycles. The van der Waals surface area contributed by atoms with Crippen molar-refractivity contribution in [1.29, 1.82) is 0 Å². The maximum absolute atomic E-state index is 13.4. The molecule has 0 aromatic heterocycles. The molecule has 2 heterocycles. The number of ether oxygens (including phenoxy) is 2. The molecule has 1 amide bonds. The van der Waals surface area contributed by atoms with Gasteiger partial charge in [-0.05, 0) is 53.6 Å². The Kier molecular flexibility index (Phi) is 9.64. The lowest BCUT2D eigenvalue weighted by molar-refractivity contribution is -0.122. The number of hydrogen-bond donors (Lipinski definition) is 1. The Labute approximate surface area is 257 Å². The van der Waals surface area contributed by atoms with Crippen molar-refractivity contribution in [2.45, 2.75) is 6.54 Å². The number of halogens is 2. The van der Waals surface area contributed by atoms with Crippen molar-refractivity contribution in [1.82, 2.24) is 9.80 Å². The number of benzene rings is 3. The van der Waals surface area contributed by atoms with E-state index in [0.29, 0.717) is 44.8 Å². The number of hydrogen-bond acceptors (Lipinski definition) is 7. The van der Waals surface area contributed by atoms with Crippen molar-refractivity contribution < 1.29 is 24.2 Å². The van der Waals surface area contributed by atoms with E-state index in [1.165, 1.54) is 28.8 Å². The van der Waals surface area contributed by atoms with E-state index in [0.717, 1.165) is 41.9 Å². The van der Waals surface area contributed by atoms with Crippen LogP contribution in [0.15, 0.2) is 65.6 Å². The summed E-state index contributed by atoms with van der Waals surface area (Å²) in [7, 11) is 0. The number of thioether (sulfide) groups is 1. The van der Waals surface area contributed by atoms with Gasteiger partial charge in [-0.2, -0.15) is 0 Å². The van der Waals surface area contributed by atoms with Gasteiger partial charge in [-0.25, -0.2) is 4.79 Å². The highest BCUT2D eigenvalue weighted by molar-refractivity contribution is 8.26. The van der Waals surface area contributed by atoms with Gasteiger partial charge in [-0.1, -0.05) is 71.4 Å². The summed E-state index contributed by atoms with van der Waals surface area (Å²) < 4.78 is 12.1. The normalized spacial score (nSPS) is 16.9. The summed E-state index contributed by atoms with van der Waals surface area (Å²) in [4.78, 5) is 28.9. The highest BCUT2D eigenvalue weighted by Crippen LogP contribution is 2.38. The van der Waals surface area contributed by atoms with E-state index in [1.54, 1.807) is 30.3 Å². The van der Waals surface area contributed by atoms with E-state index in [9.17, 15) is 9.59 Å². The van der Waals surface area contributed by atoms with Gasteiger partial charge in [-0.3, -0.25) is 14.6 Å². The molecule has 212 valence electrons. The molecule has 0 bridgehead atoms. The number of nitrogens with zero attached hydrogens (tertiary/aromatic N) is 2. The number of amides is 1. The second-order valence-electron chi connectivity index (χ2n) is 9.45. The minimum atomic E-state index is -1.00. The first-order valence-electron chi connectivity index (χ1n) is 12.9. The summed E-state index contributed by atoms with van der Waals surface area (Å²) in [6.07, 6.45) is 1.80. The molecule has 5 rings (SSSR count). The quantitative estimate of drug-likeness (QED) is 0.213. The highest BCUT2D eigenvalue weighted by atomic mass is 35.5. The van der Waals surface area contributed by atoms with Crippen LogP contribution < -0.4 is 4.74 Å². The molecular formula is C30H26Cl2N2O5S2. The van der Waals surface area contributed by atoms with Gasteiger partial charge in [0.25, 0.3) is 5.91 Å². The van der Waals surface area contributed by atoms with Crippen LogP contribution in [0.25, 0.3) is 17.2 Å². The molecule has 2 aliphatic rings. The second kappa shape index (κ2) is 13.4. The Hall–Kier alpha value is -2.92. The van der Waals surface area contributed by atoms with Crippen molar-refractivity contribution >= 4 is 69.5 Å². The molecule has 3 aromatic rings. The number of carbonyl (C=O) groups is 2. The summed E-state index contributed by atoms with van der Waals surface area (Å²) >= 11 is 19.4. The van der Waals surface area contributed by atoms with E-state index < -0.39 is 5.97 Å². The second-order valence-corrected chi connectivity index (χ2v) is 12.0. The first-order chi connectivity index (χ1) is 19.8. The van der Waals surface area contributed by atoms with Gasteiger partial charge in [0.05, 0.1) is 30.2 Å². The van der Waals surface area contributed by atoms with Gasteiger partial charge in [0.1, 0.15) is 16.7 Å². The van der Waals surface area contributed by atoms with Crippen LogP contribution in [0.2, 0.25) is 10.0 Å². The van der Waals surface area contributed by atoms with Crippen LogP contribution >= 0.6 is 47.2 Å². The van der Waals surface area contributed by atoms with Crippen LogP contribution in [0.4, 0.5) is 0 Å². The van der Waals surface area contributed by atoms with Gasteiger partial charge >= 0.3 is 5.97 Å². The lowest BCUT2D eigenvalue weighted by Crippen LogP contribution is -2.38. The van der Waals surface area contributed by atoms with Crippen molar-refractivity contribution in [2.24, 2.45) is 0 Å². The molecule has 0 radical (unpaired) electrons. The minimum Gasteiger partial charge on any atom is -0.492 e. The smallest absolute Gasteiger partial charge is 0.335 e. The van der Waals surface area contributed by atoms with E-state index in [4.69, 9.17) is 50.0 Å². The number of thiocarbonyl (C=S) groups is 1. The first kappa shape index (κ1) is 29.6. The standard InChI is InChI=1S/C30H26Cl2N2O5S2/c31-23-6-7-24(25(32)17-23)21-5-8-26(39-14-11-33-9-12-38-13-10-33)22(15-21)16-27-28(35)34(30(40)41-27)18-19-1-3-20(4-2-19)29(36)37/h1-8,15-17H,9-14,18H2,(H,36,37). The van der Waals surface area contributed by atoms with E-state index in [2.05, 4.69) is 4.90 Å². The van der Waals surface area contributed by atoms with Crippen molar-refractivity contribution in [2.75, 3.05) is 39.5 Å². The van der Waals surface area contributed by atoms with E-state index >= 15 is 0 Å². The maximum Gasteiger partial charge on any atom is 0.335 e. The Morgan fingerprint density at radius 2 is 1.83 bits per heavy atom. The van der Waals surface area contributed by atoms with Gasteiger partial charge in [-0.15, -0.1) is 0 Å². The molecule has 0 unspecified atom stereocenters. The zero-order valence-corrected chi connectivity index (χ0v) is 25.0. The van der Waals surface area contributed by atoms with Crippen molar-refractivity contribution in [3.8, 4) is 16.9 Å². The maximum atomic E-state index is 13.4. The number of aromatic carboxylic acids is 1. The molecule has 2 saturated heterocycles. The fourth-order valence-corrected chi connectivity index (χ4v) is 6.27. The zero-order valence-electron chi connectivity index (χ0n) is 21.8. The fourth-order valence-electron chi connectivity index (χ4n) is 4.51. The number of carboxylic acid groups (broad SMARTS) is 1. The fraction of sp³-hybridized carbons (Fsp3) is 0.233. The third kappa shape index (κ3) is 7.30. The molecule has 0 aliphatic carbocycles. The van der Waals surface area contributed by atoms with Crippen LogP contribution in [-0.2, 0) is 16.1 Å². The summed E-state index contributed by atoms with van der Waals surface area (Å²) in [5.74, 6) is -0.590. The lowest BCUT2D eigenvalue weighted by Gasteiger charge is -2.26. The molecule has 11 heteroatoms. The molecule has 0 spiro atoms. The average Bonchev–Trinajstić information content (AvgIpc) is 3.22. The van der Waals surface area contributed by atoms with Gasteiger partial charge in [0, 0.05) is 40.8 Å². The molecule has 41 heavy (non-hydrogen) atoms. The Morgan fingerprint density at radius 1 is 1.07 bits per heavy atom. The van der Waals surface area contributed by atoms with Crippen LogP contribution in [0.3, 0.4) is 0 Å². The van der Waals surface area contributed by atoms with Crippen molar-refractivity contribution in [3.05, 3.63) is 92.3 Å². The minimum absolute atomic E-state index is 0.181. The predicted octanol–water partition coefficient (Wildman–Crippen LogP) is 6.47. The average molecular weight is 630 g/mol. The van der Waals surface area contributed by atoms with Crippen LogP contribution in [-0.4, -0.2) is 70.6 Å². The van der Waals surface area contributed by atoms with Crippen LogP contribution in [0.1, 0.15) is 21.5 Å². The molecule has 7 nitrogen and oxygen atoms in total. The first-order valence-corrected chi connectivity index (χ1v) is 14.9. The van der Waals surface area contributed by atoms with Crippen LogP contribution in [0.5, 0.6) is 5.75 Å². The van der Waals surface area contributed by atoms with Crippen LogP contribution in [0, 0.1) is 0 Å². The third-order valence-electron chi connectivity index (χ3n) is 6.72. The molecule has 0 saturated carbocycles. The molecule has 2 aliphatic heterocycles.